The molecule has 1 aromatic rings. The smallest absolute Gasteiger partial charge is 0.309 e. The SMILES string of the molecule is COC(=O)Cc1cc(C)cc(OC)c1CBr. The molecule has 16 heavy (non-hydrogen) atoms. The predicted octanol–water partition coefficient (Wildman–Crippen LogP) is 2.61. The Morgan fingerprint density at radius 3 is 2.56 bits per heavy atom. The highest BCUT2D eigenvalue weighted by atomic mass is 79.9. The number of methoxy groups -OCH3 is 2. The number of carbonyl (C=O) groups is 1. The molecule has 1 rings (SSSR count). The van der Waals surface area contributed by atoms with Crippen LogP contribution < -0.4 is 4.74 Å². The van der Waals surface area contributed by atoms with Crippen molar-refractivity contribution in [3.8, 4) is 5.75 Å². The normalized spacial score (nSPS) is 10.0. The molecule has 0 atom stereocenters. The van der Waals surface area contributed by atoms with Gasteiger partial charge in [0.25, 0.3) is 0 Å². The zero-order valence-electron chi connectivity index (χ0n) is 9.67. The first-order chi connectivity index (χ1) is 7.62. The Hall–Kier alpha value is -1.03. The van der Waals surface area contributed by atoms with Crippen LogP contribution in [0.1, 0.15) is 16.7 Å². The Morgan fingerprint density at radius 1 is 1.38 bits per heavy atom. The van der Waals surface area contributed by atoms with Crippen molar-refractivity contribution in [2.24, 2.45) is 0 Å². The van der Waals surface area contributed by atoms with E-state index in [1.807, 2.05) is 19.1 Å². The van der Waals surface area contributed by atoms with E-state index in [-0.39, 0.29) is 12.4 Å². The third-order valence-electron chi connectivity index (χ3n) is 2.36. The molecule has 0 aromatic heterocycles. The monoisotopic (exact) mass is 286 g/mol. The second-order valence-electron chi connectivity index (χ2n) is 3.49. The van der Waals surface area contributed by atoms with Gasteiger partial charge in [-0.15, -0.1) is 0 Å². The number of carbonyl (C=O) groups excluding carboxylic acids is 1. The second-order valence-corrected chi connectivity index (χ2v) is 4.05. The molecule has 0 unspecified atom stereocenters. The summed E-state index contributed by atoms with van der Waals surface area (Å²) in [6.07, 6.45) is 0.273. The molecule has 3 nitrogen and oxygen atoms in total. The van der Waals surface area contributed by atoms with Crippen LogP contribution in [-0.4, -0.2) is 20.2 Å². The van der Waals surface area contributed by atoms with Gasteiger partial charge >= 0.3 is 5.97 Å². The van der Waals surface area contributed by atoms with Gasteiger partial charge < -0.3 is 9.47 Å². The molecule has 0 spiro atoms. The van der Waals surface area contributed by atoms with Crippen LogP contribution in [-0.2, 0) is 21.3 Å². The van der Waals surface area contributed by atoms with Crippen molar-refractivity contribution < 1.29 is 14.3 Å². The van der Waals surface area contributed by atoms with Crippen molar-refractivity contribution in [3.63, 3.8) is 0 Å². The molecule has 0 aliphatic rings. The zero-order chi connectivity index (χ0) is 12.1. The van der Waals surface area contributed by atoms with Crippen LogP contribution in [0.5, 0.6) is 5.75 Å². The molecule has 0 heterocycles. The van der Waals surface area contributed by atoms with E-state index in [4.69, 9.17) is 4.74 Å². The maximum absolute atomic E-state index is 11.3. The molecule has 4 heteroatoms. The third kappa shape index (κ3) is 2.98. The summed E-state index contributed by atoms with van der Waals surface area (Å²) >= 11 is 3.40. The van der Waals surface area contributed by atoms with Gasteiger partial charge in [-0.3, -0.25) is 4.79 Å². The van der Waals surface area contributed by atoms with Crippen molar-refractivity contribution in [1.82, 2.24) is 0 Å². The molecule has 0 saturated heterocycles. The molecule has 0 saturated carbocycles. The minimum Gasteiger partial charge on any atom is -0.496 e. The molecule has 1 aromatic carbocycles. The molecule has 0 aliphatic heterocycles. The van der Waals surface area contributed by atoms with Gasteiger partial charge in [0.05, 0.1) is 20.6 Å². The maximum Gasteiger partial charge on any atom is 0.309 e. The van der Waals surface area contributed by atoms with E-state index in [9.17, 15) is 4.79 Å². The summed E-state index contributed by atoms with van der Waals surface area (Å²) in [6, 6.07) is 3.94. The zero-order valence-corrected chi connectivity index (χ0v) is 11.3. The summed E-state index contributed by atoms with van der Waals surface area (Å²) in [5, 5.41) is 0.656. The van der Waals surface area contributed by atoms with Gasteiger partial charge in [-0.25, -0.2) is 0 Å². The first kappa shape index (κ1) is 13.0. The van der Waals surface area contributed by atoms with E-state index >= 15 is 0 Å². The predicted molar refractivity (Wildman–Crippen MR) is 66.1 cm³/mol. The highest BCUT2D eigenvalue weighted by Gasteiger charge is 2.12. The molecule has 0 amide bonds. The van der Waals surface area contributed by atoms with Crippen LogP contribution in [0.25, 0.3) is 0 Å². The van der Waals surface area contributed by atoms with Crippen LogP contribution in [0.3, 0.4) is 0 Å². The largest absolute Gasteiger partial charge is 0.496 e. The summed E-state index contributed by atoms with van der Waals surface area (Å²) in [6.45, 7) is 1.97. The highest BCUT2D eigenvalue weighted by Crippen LogP contribution is 2.27. The minimum absolute atomic E-state index is 0.241. The topological polar surface area (TPSA) is 35.5 Å². The van der Waals surface area contributed by atoms with Crippen LogP contribution in [0, 0.1) is 6.92 Å². The van der Waals surface area contributed by atoms with Crippen molar-refractivity contribution >= 4 is 21.9 Å². The average molecular weight is 287 g/mol. The fraction of sp³-hybridized carbons (Fsp3) is 0.417. The van der Waals surface area contributed by atoms with Crippen molar-refractivity contribution in [3.05, 3.63) is 28.8 Å². The van der Waals surface area contributed by atoms with E-state index in [1.54, 1.807) is 7.11 Å². The molecule has 0 aliphatic carbocycles. The van der Waals surface area contributed by atoms with E-state index in [2.05, 4.69) is 20.7 Å². The highest BCUT2D eigenvalue weighted by molar-refractivity contribution is 9.08. The minimum atomic E-state index is -0.241. The summed E-state index contributed by atoms with van der Waals surface area (Å²) < 4.78 is 9.96. The van der Waals surface area contributed by atoms with E-state index in [0.717, 1.165) is 22.4 Å². The number of rotatable bonds is 4. The van der Waals surface area contributed by atoms with E-state index < -0.39 is 0 Å². The Bertz CT molecular complexity index is 388. The summed E-state index contributed by atoms with van der Waals surface area (Å²) in [4.78, 5) is 11.3. The van der Waals surface area contributed by atoms with Gasteiger partial charge in [-0.2, -0.15) is 0 Å². The number of hydrogen-bond donors (Lipinski definition) is 0. The number of benzene rings is 1. The lowest BCUT2D eigenvalue weighted by Crippen LogP contribution is -2.07. The maximum atomic E-state index is 11.3. The standard InChI is InChI=1S/C12H15BrO3/c1-8-4-9(6-12(14)16-3)10(7-13)11(5-8)15-2/h4-5H,6-7H2,1-3H3. The molecular weight excluding hydrogens is 272 g/mol. The molecule has 88 valence electrons. The Kier molecular flexibility index (Phi) is 4.80. The Morgan fingerprint density at radius 2 is 2.06 bits per heavy atom. The lowest BCUT2D eigenvalue weighted by atomic mass is 10.0. The number of hydrogen-bond acceptors (Lipinski definition) is 3. The summed E-state index contributed by atoms with van der Waals surface area (Å²) in [5.41, 5.74) is 3.01. The third-order valence-corrected chi connectivity index (χ3v) is 2.92. The van der Waals surface area contributed by atoms with Gasteiger partial charge in [0.15, 0.2) is 0 Å². The summed E-state index contributed by atoms with van der Waals surface area (Å²) in [5.74, 6) is 0.561. The summed E-state index contributed by atoms with van der Waals surface area (Å²) in [7, 11) is 3.02. The number of alkyl halides is 1. The van der Waals surface area contributed by atoms with Crippen LogP contribution in [0.15, 0.2) is 12.1 Å². The first-order valence-electron chi connectivity index (χ1n) is 4.91. The number of esters is 1. The number of ether oxygens (including phenoxy) is 2. The quantitative estimate of drug-likeness (QED) is 0.631. The van der Waals surface area contributed by atoms with Crippen LogP contribution >= 0.6 is 15.9 Å². The van der Waals surface area contributed by atoms with E-state index in [0.29, 0.717) is 5.33 Å². The van der Waals surface area contributed by atoms with Crippen molar-refractivity contribution in [1.29, 1.82) is 0 Å². The van der Waals surface area contributed by atoms with Crippen LogP contribution in [0.2, 0.25) is 0 Å². The molecule has 0 fully saturated rings. The Labute approximate surface area is 104 Å². The fourth-order valence-electron chi connectivity index (χ4n) is 1.57. The number of halogens is 1. The van der Waals surface area contributed by atoms with Gasteiger partial charge in [-0.05, 0) is 24.1 Å². The molecule has 0 N–H and O–H groups in total. The van der Waals surface area contributed by atoms with Crippen LogP contribution in [0.4, 0.5) is 0 Å². The van der Waals surface area contributed by atoms with E-state index in [1.165, 1.54) is 7.11 Å². The first-order valence-corrected chi connectivity index (χ1v) is 6.03. The molecule has 0 bridgehead atoms. The Balaban J connectivity index is 3.14. The molecule has 0 radical (unpaired) electrons. The second kappa shape index (κ2) is 5.89. The molecular formula is C12H15BrO3. The van der Waals surface area contributed by atoms with Gasteiger partial charge in [0.2, 0.25) is 0 Å². The average Bonchev–Trinajstić information content (AvgIpc) is 2.28. The lowest BCUT2D eigenvalue weighted by molar-refractivity contribution is -0.139. The van der Waals surface area contributed by atoms with Gasteiger partial charge in [0.1, 0.15) is 5.75 Å². The van der Waals surface area contributed by atoms with Gasteiger partial charge in [0, 0.05) is 10.9 Å². The number of aryl methyl sites for hydroxylation is 1. The van der Waals surface area contributed by atoms with Gasteiger partial charge in [-0.1, -0.05) is 22.0 Å². The lowest BCUT2D eigenvalue weighted by Gasteiger charge is -2.12. The van der Waals surface area contributed by atoms with Crippen molar-refractivity contribution in [2.75, 3.05) is 14.2 Å². The van der Waals surface area contributed by atoms with Crippen molar-refractivity contribution in [2.45, 2.75) is 18.7 Å². The fourth-order valence-corrected chi connectivity index (χ4v) is 2.21.